The Balaban J connectivity index is 0.000000433. The molecule has 1 atom stereocenters. The number of carbonyl (C=O) groups is 3. The van der Waals surface area contributed by atoms with E-state index < -0.39 is 11.9 Å². The summed E-state index contributed by atoms with van der Waals surface area (Å²) in [7, 11) is 0. The highest BCUT2D eigenvalue weighted by molar-refractivity contribution is 6.12. The van der Waals surface area contributed by atoms with Crippen molar-refractivity contribution in [1.29, 1.82) is 0 Å². The molecule has 1 fully saturated rings. The average Bonchev–Trinajstić information content (AvgIpc) is 2.72. The van der Waals surface area contributed by atoms with Gasteiger partial charge in [0.15, 0.2) is 0 Å². The smallest absolute Gasteiger partial charge is 0.259 e. The second kappa shape index (κ2) is 6.77. The molecule has 5 heteroatoms. The number of fused-ring (bicyclic) bond motifs is 1. The van der Waals surface area contributed by atoms with E-state index in [1.165, 1.54) is 4.90 Å². The van der Waals surface area contributed by atoms with Crippen LogP contribution in [0.2, 0.25) is 0 Å². The Morgan fingerprint density at radius 2 is 1.70 bits per heavy atom. The Morgan fingerprint density at radius 3 is 2.22 bits per heavy atom. The van der Waals surface area contributed by atoms with E-state index in [1.807, 2.05) is 6.07 Å². The molecule has 5 nitrogen and oxygen atoms in total. The van der Waals surface area contributed by atoms with Crippen molar-refractivity contribution in [3.8, 4) is 0 Å². The summed E-state index contributed by atoms with van der Waals surface area (Å²) in [6.07, 6.45) is 0.577. The van der Waals surface area contributed by atoms with Gasteiger partial charge >= 0.3 is 0 Å². The highest BCUT2D eigenvalue weighted by Gasteiger charge is 2.41. The van der Waals surface area contributed by atoms with Crippen LogP contribution >= 0.6 is 0 Å². The maximum Gasteiger partial charge on any atom is 0.259 e. The summed E-state index contributed by atoms with van der Waals surface area (Å²) in [5, 5.41) is 2.26. The minimum absolute atomic E-state index is 0.227. The van der Waals surface area contributed by atoms with Gasteiger partial charge in [0, 0.05) is 23.2 Å². The monoisotopic (exact) mass is 314 g/mol. The van der Waals surface area contributed by atoms with Gasteiger partial charge in [0.25, 0.3) is 5.91 Å². The molecule has 0 radical (unpaired) electrons. The lowest BCUT2D eigenvalue weighted by atomic mass is 10.0. The largest absolute Gasteiger partial charge is 0.296 e. The first-order valence-corrected chi connectivity index (χ1v) is 7.78. The molecule has 3 rings (SSSR count). The second-order valence-electron chi connectivity index (χ2n) is 6.37. The van der Waals surface area contributed by atoms with Gasteiger partial charge in [-0.15, -0.1) is 0 Å². The van der Waals surface area contributed by atoms with Crippen molar-refractivity contribution in [1.82, 2.24) is 10.2 Å². The summed E-state index contributed by atoms with van der Waals surface area (Å²) in [5.41, 5.74) is 1.82. The molecule has 3 amide bonds. The standard InChI is InChI=1S/C14H12N2O3.C4H10/c1-8-9-4-2-3-5-10(9)14(19)16(8)11-6-7-12(17)15-13(11)18;1-4(2)3/h2-5,11H,1,6-7H2,(H,15,17,18);4H,1-3H3. The maximum absolute atomic E-state index is 12.3. The van der Waals surface area contributed by atoms with E-state index in [0.29, 0.717) is 17.7 Å². The van der Waals surface area contributed by atoms with E-state index in [4.69, 9.17) is 0 Å². The van der Waals surface area contributed by atoms with Crippen molar-refractivity contribution in [3.63, 3.8) is 0 Å². The van der Waals surface area contributed by atoms with Crippen molar-refractivity contribution in [2.45, 2.75) is 39.7 Å². The number of nitrogens with zero attached hydrogens (tertiary/aromatic N) is 1. The third kappa shape index (κ3) is 3.50. The molecule has 122 valence electrons. The Labute approximate surface area is 136 Å². The predicted octanol–water partition coefficient (Wildman–Crippen LogP) is 2.58. The molecule has 0 aromatic heterocycles. The van der Waals surface area contributed by atoms with Gasteiger partial charge in [-0.2, -0.15) is 0 Å². The summed E-state index contributed by atoms with van der Waals surface area (Å²) in [6.45, 7) is 10.4. The summed E-state index contributed by atoms with van der Waals surface area (Å²) in [6, 6.07) is 6.48. The zero-order chi connectivity index (χ0) is 17.1. The van der Waals surface area contributed by atoms with Crippen LogP contribution in [0.15, 0.2) is 30.8 Å². The molecule has 0 aliphatic carbocycles. The second-order valence-corrected chi connectivity index (χ2v) is 6.37. The lowest BCUT2D eigenvalue weighted by molar-refractivity contribution is -0.136. The van der Waals surface area contributed by atoms with Crippen molar-refractivity contribution < 1.29 is 14.4 Å². The zero-order valence-electron chi connectivity index (χ0n) is 13.8. The average molecular weight is 314 g/mol. The topological polar surface area (TPSA) is 66.5 Å². The first kappa shape index (κ1) is 16.9. The number of hydrogen-bond acceptors (Lipinski definition) is 3. The quantitative estimate of drug-likeness (QED) is 0.810. The number of rotatable bonds is 1. The number of piperidine rings is 1. The Morgan fingerprint density at radius 1 is 1.13 bits per heavy atom. The van der Waals surface area contributed by atoms with Gasteiger partial charge in [-0.25, -0.2) is 0 Å². The van der Waals surface area contributed by atoms with Crippen molar-refractivity contribution in [2.75, 3.05) is 0 Å². The molecule has 0 spiro atoms. The third-order valence-corrected chi connectivity index (χ3v) is 3.50. The van der Waals surface area contributed by atoms with Crippen LogP contribution in [0.25, 0.3) is 5.70 Å². The van der Waals surface area contributed by atoms with Gasteiger partial charge in [-0.05, 0) is 18.4 Å². The van der Waals surface area contributed by atoms with E-state index >= 15 is 0 Å². The van der Waals surface area contributed by atoms with E-state index in [2.05, 4.69) is 32.7 Å². The van der Waals surface area contributed by atoms with E-state index in [-0.39, 0.29) is 18.2 Å². The fourth-order valence-corrected chi connectivity index (χ4v) is 2.56. The fraction of sp³-hybridized carbons (Fsp3) is 0.389. The molecular weight excluding hydrogens is 292 g/mol. The van der Waals surface area contributed by atoms with E-state index in [1.54, 1.807) is 18.2 Å². The van der Waals surface area contributed by atoms with Crippen molar-refractivity contribution >= 4 is 23.4 Å². The summed E-state index contributed by atoms with van der Waals surface area (Å²) < 4.78 is 0. The van der Waals surface area contributed by atoms with Gasteiger partial charge < -0.3 is 0 Å². The molecule has 0 bridgehead atoms. The fourth-order valence-electron chi connectivity index (χ4n) is 2.56. The lowest BCUT2D eigenvalue weighted by Gasteiger charge is -2.30. The molecule has 2 heterocycles. The van der Waals surface area contributed by atoms with Crippen molar-refractivity contribution in [3.05, 3.63) is 42.0 Å². The van der Waals surface area contributed by atoms with Gasteiger partial charge in [-0.1, -0.05) is 45.5 Å². The molecule has 23 heavy (non-hydrogen) atoms. The van der Waals surface area contributed by atoms with Gasteiger partial charge in [0.2, 0.25) is 11.8 Å². The minimum Gasteiger partial charge on any atom is -0.296 e. The highest BCUT2D eigenvalue weighted by Crippen LogP contribution is 2.34. The molecule has 2 aliphatic heterocycles. The van der Waals surface area contributed by atoms with Crippen LogP contribution in [-0.2, 0) is 9.59 Å². The number of imide groups is 1. The van der Waals surface area contributed by atoms with Gasteiger partial charge in [0.05, 0.1) is 0 Å². The van der Waals surface area contributed by atoms with Crippen LogP contribution in [-0.4, -0.2) is 28.7 Å². The Bertz CT molecular complexity index is 626. The molecule has 1 unspecified atom stereocenters. The van der Waals surface area contributed by atoms with Crippen molar-refractivity contribution in [2.24, 2.45) is 5.92 Å². The third-order valence-electron chi connectivity index (χ3n) is 3.50. The summed E-state index contributed by atoms with van der Waals surface area (Å²) in [5.74, 6) is -0.121. The first-order valence-electron chi connectivity index (χ1n) is 7.78. The molecular formula is C18H22N2O3. The van der Waals surface area contributed by atoms with Crippen LogP contribution < -0.4 is 5.32 Å². The number of nitrogens with one attached hydrogen (secondary N) is 1. The van der Waals surface area contributed by atoms with Crippen LogP contribution in [0.4, 0.5) is 0 Å². The van der Waals surface area contributed by atoms with Gasteiger partial charge in [-0.3, -0.25) is 24.6 Å². The molecule has 1 aromatic carbocycles. The number of amides is 3. The zero-order valence-corrected chi connectivity index (χ0v) is 13.8. The van der Waals surface area contributed by atoms with Crippen LogP contribution in [0, 0.1) is 5.92 Å². The number of hydrogen-bond donors (Lipinski definition) is 1. The molecule has 1 aromatic rings. The van der Waals surface area contributed by atoms with Gasteiger partial charge in [0.1, 0.15) is 6.04 Å². The molecule has 0 saturated carbocycles. The summed E-state index contributed by atoms with van der Waals surface area (Å²) in [4.78, 5) is 36.8. The highest BCUT2D eigenvalue weighted by atomic mass is 16.2. The lowest BCUT2D eigenvalue weighted by Crippen LogP contribution is -2.52. The molecule has 2 aliphatic rings. The molecule has 1 saturated heterocycles. The van der Waals surface area contributed by atoms with E-state index in [9.17, 15) is 14.4 Å². The SMILES string of the molecule is C=C1c2ccccc2C(=O)N1C1CCC(=O)NC1=O.CC(C)C. The number of carbonyl (C=O) groups excluding carboxylic acids is 3. The normalized spacial score (nSPS) is 20.2. The van der Waals surface area contributed by atoms with Crippen LogP contribution in [0.3, 0.4) is 0 Å². The molecule has 1 N–H and O–H groups in total. The first-order chi connectivity index (χ1) is 10.8. The van der Waals surface area contributed by atoms with Crippen LogP contribution in [0.1, 0.15) is 49.5 Å². The Kier molecular flexibility index (Phi) is 4.98. The summed E-state index contributed by atoms with van der Waals surface area (Å²) >= 11 is 0. The Hall–Kier alpha value is -2.43. The minimum atomic E-state index is -0.648. The van der Waals surface area contributed by atoms with E-state index in [0.717, 1.165) is 11.5 Å². The van der Waals surface area contributed by atoms with Crippen LogP contribution in [0.5, 0.6) is 0 Å². The maximum atomic E-state index is 12.3. The number of benzene rings is 1. The predicted molar refractivity (Wildman–Crippen MR) is 88.3 cm³/mol.